The van der Waals surface area contributed by atoms with Crippen molar-refractivity contribution in [2.45, 2.75) is 13.0 Å². The van der Waals surface area contributed by atoms with Crippen LogP contribution in [0.2, 0.25) is 0 Å². The highest BCUT2D eigenvalue weighted by atomic mass is 19.1. The number of hydrogen-bond donors (Lipinski definition) is 2. The predicted octanol–water partition coefficient (Wildman–Crippen LogP) is 3.11. The Bertz CT molecular complexity index is 780. The molecule has 1 atom stereocenters. The van der Waals surface area contributed by atoms with Gasteiger partial charge in [0, 0.05) is 11.3 Å². The van der Waals surface area contributed by atoms with E-state index >= 15 is 0 Å². The first-order valence-electron chi connectivity index (χ1n) is 6.46. The highest BCUT2D eigenvalue weighted by molar-refractivity contribution is 6.04. The van der Waals surface area contributed by atoms with E-state index in [-0.39, 0.29) is 11.5 Å². The van der Waals surface area contributed by atoms with E-state index in [0.29, 0.717) is 5.69 Å². The van der Waals surface area contributed by atoms with Gasteiger partial charge in [-0.2, -0.15) is 5.26 Å². The molecule has 1 heterocycles. The third kappa shape index (κ3) is 2.21. The summed E-state index contributed by atoms with van der Waals surface area (Å²) < 4.78 is 13.6. The van der Waals surface area contributed by atoms with Crippen molar-refractivity contribution < 1.29 is 9.18 Å². The van der Waals surface area contributed by atoms with E-state index in [0.717, 1.165) is 16.8 Å². The zero-order valence-corrected chi connectivity index (χ0v) is 11.3. The van der Waals surface area contributed by atoms with Crippen LogP contribution in [0.25, 0.3) is 0 Å². The molecular formula is C16H12FN3O. The minimum absolute atomic E-state index is 0.0913. The van der Waals surface area contributed by atoms with Crippen LogP contribution in [-0.2, 0) is 4.79 Å². The van der Waals surface area contributed by atoms with Crippen LogP contribution < -0.4 is 10.6 Å². The standard InChI is InChI=1S/C16H12FN3O/c1-9-5-6-14-10(7-9)15(16(21)20-14)19-13-4-2-3-12(17)11(13)8-18/h2-7,15,19H,1H3,(H,20,21). The quantitative estimate of drug-likeness (QED) is 0.889. The maximum absolute atomic E-state index is 13.6. The fourth-order valence-electron chi connectivity index (χ4n) is 2.44. The Hall–Kier alpha value is -2.87. The summed E-state index contributed by atoms with van der Waals surface area (Å²) in [6.45, 7) is 1.93. The lowest BCUT2D eigenvalue weighted by Crippen LogP contribution is -2.20. The van der Waals surface area contributed by atoms with Crippen molar-refractivity contribution in [2.24, 2.45) is 0 Å². The number of amides is 1. The maximum Gasteiger partial charge on any atom is 0.251 e. The molecule has 104 valence electrons. The summed E-state index contributed by atoms with van der Waals surface area (Å²) in [7, 11) is 0. The third-order valence-electron chi connectivity index (χ3n) is 3.46. The third-order valence-corrected chi connectivity index (χ3v) is 3.46. The van der Waals surface area contributed by atoms with Gasteiger partial charge in [0.15, 0.2) is 0 Å². The minimum atomic E-state index is -0.631. The fraction of sp³-hybridized carbons (Fsp3) is 0.125. The predicted molar refractivity (Wildman–Crippen MR) is 77.3 cm³/mol. The van der Waals surface area contributed by atoms with Crippen molar-refractivity contribution in [3.8, 4) is 6.07 Å². The molecule has 1 unspecified atom stereocenters. The lowest BCUT2D eigenvalue weighted by atomic mass is 10.0. The van der Waals surface area contributed by atoms with Crippen molar-refractivity contribution in [3.63, 3.8) is 0 Å². The van der Waals surface area contributed by atoms with Gasteiger partial charge < -0.3 is 10.6 Å². The molecular weight excluding hydrogens is 269 g/mol. The molecule has 2 aromatic carbocycles. The van der Waals surface area contributed by atoms with Gasteiger partial charge in [-0.3, -0.25) is 4.79 Å². The summed E-state index contributed by atoms with van der Waals surface area (Å²) in [5, 5.41) is 14.8. The molecule has 0 saturated carbocycles. The van der Waals surface area contributed by atoms with E-state index in [9.17, 15) is 9.18 Å². The van der Waals surface area contributed by atoms with Crippen molar-refractivity contribution in [1.29, 1.82) is 5.26 Å². The molecule has 1 amide bonds. The molecule has 1 aliphatic heterocycles. The second-order valence-electron chi connectivity index (χ2n) is 4.93. The number of carbonyl (C=O) groups is 1. The summed E-state index contributed by atoms with van der Waals surface area (Å²) in [4.78, 5) is 12.1. The first kappa shape index (κ1) is 13.1. The Morgan fingerprint density at radius 2 is 2.14 bits per heavy atom. The van der Waals surface area contributed by atoms with Gasteiger partial charge in [0.05, 0.1) is 5.69 Å². The minimum Gasteiger partial charge on any atom is -0.369 e. The summed E-state index contributed by atoms with van der Waals surface area (Å²) >= 11 is 0. The average Bonchev–Trinajstić information content (AvgIpc) is 2.75. The van der Waals surface area contributed by atoms with Crippen LogP contribution in [0.3, 0.4) is 0 Å². The Balaban J connectivity index is 2.01. The molecule has 21 heavy (non-hydrogen) atoms. The molecule has 5 heteroatoms. The monoisotopic (exact) mass is 281 g/mol. The summed E-state index contributed by atoms with van der Waals surface area (Å²) in [6, 6.07) is 11.1. The first-order valence-corrected chi connectivity index (χ1v) is 6.46. The van der Waals surface area contributed by atoms with E-state index in [2.05, 4.69) is 10.6 Å². The van der Waals surface area contributed by atoms with Gasteiger partial charge >= 0.3 is 0 Å². The molecule has 0 radical (unpaired) electrons. The molecule has 2 N–H and O–H groups in total. The van der Waals surface area contributed by atoms with E-state index < -0.39 is 11.9 Å². The molecule has 0 bridgehead atoms. The number of anilines is 2. The molecule has 2 aromatic rings. The summed E-state index contributed by atoms with van der Waals surface area (Å²) in [6.07, 6.45) is 0. The van der Waals surface area contributed by atoms with Gasteiger partial charge in [0.2, 0.25) is 0 Å². The molecule has 1 aliphatic rings. The second kappa shape index (κ2) is 4.91. The van der Waals surface area contributed by atoms with E-state index in [4.69, 9.17) is 5.26 Å². The highest BCUT2D eigenvalue weighted by Gasteiger charge is 2.31. The normalized spacial score (nSPS) is 16.0. The summed E-state index contributed by atoms with van der Waals surface area (Å²) in [5.74, 6) is -0.825. The van der Waals surface area contributed by atoms with Crippen molar-refractivity contribution in [1.82, 2.24) is 0 Å². The van der Waals surface area contributed by atoms with Crippen LogP contribution in [0.15, 0.2) is 36.4 Å². The van der Waals surface area contributed by atoms with Gasteiger partial charge in [0.1, 0.15) is 23.5 Å². The van der Waals surface area contributed by atoms with E-state index in [1.54, 1.807) is 6.07 Å². The smallest absolute Gasteiger partial charge is 0.251 e. The lowest BCUT2D eigenvalue weighted by molar-refractivity contribution is -0.116. The van der Waals surface area contributed by atoms with E-state index in [1.807, 2.05) is 31.2 Å². The molecule has 0 aromatic heterocycles. The fourth-order valence-corrected chi connectivity index (χ4v) is 2.44. The highest BCUT2D eigenvalue weighted by Crippen LogP contribution is 2.34. The van der Waals surface area contributed by atoms with E-state index in [1.165, 1.54) is 12.1 Å². The topological polar surface area (TPSA) is 64.9 Å². The Morgan fingerprint density at radius 1 is 1.33 bits per heavy atom. The zero-order valence-electron chi connectivity index (χ0n) is 11.3. The zero-order chi connectivity index (χ0) is 15.0. The molecule has 0 spiro atoms. The Kier molecular flexibility index (Phi) is 3.07. The van der Waals surface area contributed by atoms with Crippen LogP contribution in [0, 0.1) is 24.1 Å². The number of fused-ring (bicyclic) bond motifs is 1. The van der Waals surface area contributed by atoms with Gasteiger partial charge in [-0.05, 0) is 25.1 Å². The number of aryl methyl sites for hydroxylation is 1. The number of halogens is 1. The van der Waals surface area contributed by atoms with Crippen LogP contribution in [-0.4, -0.2) is 5.91 Å². The largest absolute Gasteiger partial charge is 0.369 e. The molecule has 0 fully saturated rings. The van der Waals surface area contributed by atoms with Crippen molar-refractivity contribution >= 4 is 17.3 Å². The maximum atomic E-state index is 13.6. The molecule has 3 rings (SSSR count). The number of nitriles is 1. The number of rotatable bonds is 2. The Labute approximate surface area is 121 Å². The van der Waals surface area contributed by atoms with Gasteiger partial charge in [-0.15, -0.1) is 0 Å². The van der Waals surface area contributed by atoms with Crippen LogP contribution >= 0.6 is 0 Å². The van der Waals surface area contributed by atoms with Crippen LogP contribution in [0.4, 0.5) is 15.8 Å². The summed E-state index contributed by atoms with van der Waals surface area (Å²) in [5.41, 5.74) is 2.78. The van der Waals surface area contributed by atoms with Gasteiger partial charge in [-0.1, -0.05) is 23.8 Å². The number of hydrogen-bond acceptors (Lipinski definition) is 3. The molecule has 0 aliphatic carbocycles. The number of nitrogens with one attached hydrogen (secondary N) is 2. The molecule has 4 nitrogen and oxygen atoms in total. The van der Waals surface area contributed by atoms with Crippen molar-refractivity contribution in [2.75, 3.05) is 10.6 Å². The number of nitrogens with zero attached hydrogens (tertiary/aromatic N) is 1. The van der Waals surface area contributed by atoms with Crippen LogP contribution in [0.1, 0.15) is 22.7 Å². The number of carbonyl (C=O) groups excluding carboxylic acids is 1. The van der Waals surface area contributed by atoms with Crippen LogP contribution in [0.5, 0.6) is 0 Å². The Morgan fingerprint density at radius 3 is 2.90 bits per heavy atom. The first-order chi connectivity index (χ1) is 10.1. The second-order valence-corrected chi connectivity index (χ2v) is 4.93. The number of benzene rings is 2. The van der Waals surface area contributed by atoms with Gasteiger partial charge in [0.25, 0.3) is 5.91 Å². The SMILES string of the molecule is Cc1ccc2c(c1)C(Nc1cccc(F)c1C#N)C(=O)N2. The average molecular weight is 281 g/mol. The van der Waals surface area contributed by atoms with Gasteiger partial charge in [-0.25, -0.2) is 4.39 Å². The lowest BCUT2D eigenvalue weighted by Gasteiger charge is -2.14. The molecule has 0 saturated heterocycles. The van der Waals surface area contributed by atoms with Crippen molar-refractivity contribution in [3.05, 3.63) is 58.9 Å².